The highest BCUT2D eigenvalue weighted by Gasteiger charge is 1.95. The maximum Gasteiger partial charge on any atom is 0.188 e. The number of thioether (sulfide) groups is 1. The Bertz CT molecular complexity index is 201. The predicted molar refractivity (Wildman–Crippen MR) is 53.5 cm³/mol. The molecule has 0 saturated carbocycles. The molecule has 0 aliphatic carbocycles. The molecule has 0 bridgehead atoms. The van der Waals surface area contributed by atoms with Crippen molar-refractivity contribution in [1.82, 2.24) is 25.9 Å². The summed E-state index contributed by atoms with van der Waals surface area (Å²) in [6, 6.07) is 0. The van der Waals surface area contributed by atoms with Crippen LogP contribution < -0.4 is 5.32 Å². The Balaban J connectivity index is 1.90. The maximum atomic E-state index is 3.84. The molecule has 0 aliphatic rings. The second-order valence-corrected chi connectivity index (χ2v) is 3.95. The molecule has 1 heterocycles. The van der Waals surface area contributed by atoms with Crippen molar-refractivity contribution in [3.05, 3.63) is 5.82 Å². The molecule has 1 aromatic heterocycles. The molecule has 0 aromatic carbocycles. The normalized spacial score (nSPS) is 10.5. The third-order valence-corrected chi connectivity index (χ3v) is 2.50. The van der Waals surface area contributed by atoms with Crippen molar-refractivity contribution < 1.29 is 0 Å². The monoisotopic (exact) mass is 201 g/mol. The average Bonchev–Trinajstić information content (AvgIpc) is 2.63. The minimum atomic E-state index is 0.702. The first-order valence-electron chi connectivity index (χ1n) is 4.44. The van der Waals surface area contributed by atoms with E-state index in [1.54, 1.807) is 0 Å². The van der Waals surface area contributed by atoms with Gasteiger partial charge in [0.1, 0.15) is 0 Å². The van der Waals surface area contributed by atoms with Crippen LogP contribution in [0.4, 0.5) is 0 Å². The summed E-state index contributed by atoms with van der Waals surface area (Å²) in [5.41, 5.74) is 0. The Labute approximate surface area is 82.1 Å². The Morgan fingerprint density at radius 2 is 2.46 bits per heavy atom. The second-order valence-electron chi connectivity index (χ2n) is 2.56. The third-order valence-electron chi connectivity index (χ3n) is 1.52. The Morgan fingerprint density at radius 1 is 1.54 bits per heavy atom. The van der Waals surface area contributed by atoms with Crippen LogP contribution in [0.15, 0.2) is 0 Å². The lowest BCUT2D eigenvalue weighted by molar-refractivity contribution is 0.653. The summed E-state index contributed by atoms with van der Waals surface area (Å²) in [4.78, 5) is 0. The highest BCUT2D eigenvalue weighted by atomic mass is 32.2. The van der Waals surface area contributed by atoms with Crippen molar-refractivity contribution in [3.8, 4) is 0 Å². The van der Waals surface area contributed by atoms with Crippen LogP contribution in [-0.4, -0.2) is 38.7 Å². The van der Waals surface area contributed by atoms with Crippen molar-refractivity contribution in [2.24, 2.45) is 0 Å². The van der Waals surface area contributed by atoms with E-state index in [-0.39, 0.29) is 0 Å². The molecule has 0 aliphatic heterocycles. The van der Waals surface area contributed by atoms with Gasteiger partial charge in [0.2, 0.25) is 0 Å². The number of nitrogens with one attached hydrogen (secondary N) is 2. The number of hydrogen-bond donors (Lipinski definition) is 2. The van der Waals surface area contributed by atoms with Gasteiger partial charge in [-0.25, -0.2) is 0 Å². The van der Waals surface area contributed by atoms with Gasteiger partial charge in [-0.1, -0.05) is 12.1 Å². The SMILES string of the molecule is CCSCCCNCc1nn[nH]n1. The minimum absolute atomic E-state index is 0.702. The molecule has 1 aromatic rings. The molecule has 0 saturated heterocycles. The summed E-state index contributed by atoms with van der Waals surface area (Å²) in [7, 11) is 0. The van der Waals surface area contributed by atoms with E-state index in [0.717, 1.165) is 12.4 Å². The zero-order chi connectivity index (χ0) is 9.36. The molecule has 0 fully saturated rings. The molecule has 74 valence electrons. The smallest absolute Gasteiger partial charge is 0.188 e. The first kappa shape index (κ1) is 10.5. The number of nitrogens with zero attached hydrogens (tertiary/aromatic N) is 3. The molecule has 1 rings (SSSR count). The summed E-state index contributed by atoms with van der Waals surface area (Å²) < 4.78 is 0. The van der Waals surface area contributed by atoms with Gasteiger partial charge < -0.3 is 5.32 Å². The van der Waals surface area contributed by atoms with Gasteiger partial charge in [-0.3, -0.25) is 0 Å². The van der Waals surface area contributed by atoms with Crippen LogP contribution in [0.5, 0.6) is 0 Å². The van der Waals surface area contributed by atoms with E-state index in [9.17, 15) is 0 Å². The molecule has 6 heteroatoms. The zero-order valence-corrected chi connectivity index (χ0v) is 8.60. The van der Waals surface area contributed by atoms with Gasteiger partial charge in [-0.15, -0.1) is 10.2 Å². The van der Waals surface area contributed by atoms with Gasteiger partial charge in [-0.05, 0) is 24.5 Å². The molecule has 0 radical (unpaired) electrons. The Morgan fingerprint density at radius 3 is 3.15 bits per heavy atom. The van der Waals surface area contributed by atoms with E-state index in [1.807, 2.05) is 11.8 Å². The fourth-order valence-electron chi connectivity index (χ4n) is 0.901. The zero-order valence-electron chi connectivity index (χ0n) is 7.79. The molecule has 0 atom stereocenters. The molecule has 0 amide bonds. The van der Waals surface area contributed by atoms with E-state index < -0.39 is 0 Å². The standard InChI is InChI=1S/C7H15N5S/c1-2-13-5-3-4-8-6-7-9-11-12-10-7/h8H,2-6H2,1H3,(H,9,10,11,12). The van der Waals surface area contributed by atoms with Gasteiger partial charge in [-0.2, -0.15) is 17.0 Å². The van der Waals surface area contributed by atoms with Gasteiger partial charge >= 0.3 is 0 Å². The van der Waals surface area contributed by atoms with E-state index in [4.69, 9.17) is 0 Å². The minimum Gasteiger partial charge on any atom is -0.310 e. The van der Waals surface area contributed by atoms with Gasteiger partial charge in [0.05, 0.1) is 6.54 Å². The lowest BCUT2D eigenvalue weighted by Gasteiger charge is -2.00. The van der Waals surface area contributed by atoms with E-state index in [0.29, 0.717) is 6.54 Å². The maximum absolute atomic E-state index is 3.84. The fourth-order valence-corrected chi connectivity index (χ4v) is 1.54. The van der Waals surface area contributed by atoms with Crippen molar-refractivity contribution in [1.29, 1.82) is 0 Å². The highest BCUT2D eigenvalue weighted by molar-refractivity contribution is 7.99. The van der Waals surface area contributed by atoms with E-state index in [1.165, 1.54) is 17.9 Å². The van der Waals surface area contributed by atoms with Crippen LogP contribution in [0.3, 0.4) is 0 Å². The van der Waals surface area contributed by atoms with Crippen LogP contribution in [0.2, 0.25) is 0 Å². The van der Waals surface area contributed by atoms with Gasteiger partial charge in [0.15, 0.2) is 5.82 Å². The van der Waals surface area contributed by atoms with Crippen LogP contribution in [0.25, 0.3) is 0 Å². The summed E-state index contributed by atoms with van der Waals surface area (Å²) in [5.74, 6) is 3.14. The number of hydrogen-bond acceptors (Lipinski definition) is 5. The summed E-state index contributed by atoms with van der Waals surface area (Å²) >= 11 is 1.97. The molecule has 2 N–H and O–H groups in total. The van der Waals surface area contributed by atoms with Crippen LogP contribution in [-0.2, 0) is 6.54 Å². The lowest BCUT2D eigenvalue weighted by atomic mass is 10.4. The highest BCUT2D eigenvalue weighted by Crippen LogP contribution is 1.99. The third kappa shape index (κ3) is 4.84. The van der Waals surface area contributed by atoms with Gasteiger partial charge in [0, 0.05) is 0 Å². The summed E-state index contributed by atoms with van der Waals surface area (Å²) in [6.07, 6.45) is 1.19. The van der Waals surface area contributed by atoms with E-state index in [2.05, 4.69) is 32.9 Å². The Hall–Kier alpha value is -0.620. The summed E-state index contributed by atoms with van der Waals surface area (Å²) in [6.45, 7) is 3.90. The van der Waals surface area contributed by atoms with Crippen molar-refractivity contribution >= 4 is 11.8 Å². The molecular weight excluding hydrogens is 186 g/mol. The number of H-pyrrole nitrogens is 1. The summed E-state index contributed by atoms with van der Waals surface area (Å²) in [5, 5.41) is 16.8. The van der Waals surface area contributed by atoms with E-state index >= 15 is 0 Å². The Kier molecular flexibility index (Phi) is 5.51. The number of aromatic nitrogens is 4. The predicted octanol–water partition coefficient (Wildman–Crippen LogP) is 0.432. The van der Waals surface area contributed by atoms with Crippen molar-refractivity contribution in [2.75, 3.05) is 18.1 Å². The van der Waals surface area contributed by atoms with Crippen LogP contribution >= 0.6 is 11.8 Å². The first-order valence-corrected chi connectivity index (χ1v) is 5.59. The fraction of sp³-hybridized carbons (Fsp3) is 0.857. The topological polar surface area (TPSA) is 66.5 Å². The lowest BCUT2D eigenvalue weighted by Crippen LogP contribution is -2.16. The molecule has 13 heavy (non-hydrogen) atoms. The van der Waals surface area contributed by atoms with Crippen LogP contribution in [0, 0.1) is 0 Å². The van der Waals surface area contributed by atoms with Crippen molar-refractivity contribution in [3.63, 3.8) is 0 Å². The molecule has 5 nitrogen and oxygen atoms in total. The van der Waals surface area contributed by atoms with Gasteiger partial charge in [0.25, 0.3) is 0 Å². The molecule has 0 spiro atoms. The first-order chi connectivity index (χ1) is 6.43. The number of aromatic amines is 1. The second kappa shape index (κ2) is 6.85. The average molecular weight is 201 g/mol. The number of rotatable bonds is 7. The molecular formula is C7H15N5S. The van der Waals surface area contributed by atoms with Crippen molar-refractivity contribution in [2.45, 2.75) is 19.9 Å². The quantitative estimate of drug-likeness (QED) is 0.626. The van der Waals surface area contributed by atoms with Crippen LogP contribution in [0.1, 0.15) is 19.2 Å². The number of tetrazole rings is 1. The largest absolute Gasteiger partial charge is 0.310 e. The molecule has 0 unspecified atom stereocenters.